The van der Waals surface area contributed by atoms with E-state index in [9.17, 15) is 8.42 Å². The van der Waals surface area contributed by atoms with Crippen molar-refractivity contribution in [3.05, 3.63) is 53.3 Å². The zero-order valence-corrected chi connectivity index (χ0v) is 12.2. The molecule has 2 aromatic rings. The summed E-state index contributed by atoms with van der Waals surface area (Å²) in [6.45, 7) is 3.85. The van der Waals surface area contributed by atoms with E-state index in [-0.39, 0.29) is 11.4 Å². The van der Waals surface area contributed by atoms with Gasteiger partial charge in [-0.05, 0) is 49.2 Å². The zero-order valence-electron chi connectivity index (χ0n) is 11.4. The summed E-state index contributed by atoms with van der Waals surface area (Å²) in [5, 5.41) is 0. The second kappa shape index (κ2) is 5.60. The highest BCUT2D eigenvalue weighted by Crippen LogP contribution is 2.16. The second-order valence-electron chi connectivity index (χ2n) is 4.67. The van der Waals surface area contributed by atoms with Gasteiger partial charge in [-0.2, -0.15) is 0 Å². The van der Waals surface area contributed by atoms with Gasteiger partial charge >= 0.3 is 0 Å². The van der Waals surface area contributed by atoms with E-state index in [4.69, 9.17) is 5.73 Å². The largest absolute Gasteiger partial charge is 0.399 e. The predicted octanol–water partition coefficient (Wildman–Crippen LogP) is 1.76. The van der Waals surface area contributed by atoms with E-state index in [1.807, 2.05) is 19.1 Å². The number of anilines is 1. The third-order valence-corrected chi connectivity index (χ3v) is 4.31. The molecule has 1 aromatic carbocycles. The molecule has 106 valence electrons. The SMILES string of the molecule is Cc1cc(N)cc(S(=O)(=O)NCc2ncccc2C)c1. The molecule has 1 aromatic heterocycles. The highest BCUT2D eigenvalue weighted by molar-refractivity contribution is 7.89. The maximum atomic E-state index is 12.2. The second-order valence-corrected chi connectivity index (χ2v) is 6.44. The number of nitrogen functional groups attached to an aromatic ring is 1. The zero-order chi connectivity index (χ0) is 14.8. The Hall–Kier alpha value is -1.92. The predicted molar refractivity (Wildman–Crippen MR) is 78.6 cm³/mol. The Morgan fingerprint density at radius 3 is 2.65 bits per heavy atom. The summed E-state index contributed by atoms with van der Waals surface area (Å²) in [7, 11) is -3.59. The van der Waals surface area contributed by atoms with Gasteiger partial charge in [0.1, 0.15) is 0 Å². The van der Waals surface area contributed by atoms with E-state index in [0.717, 1.165) is 11.1 Å². The first kappa shape index (κ1) is 14.5. The van der Waals surface area contributed by atoms with E-state index in [1.165, 1.54) is 6.07 Å². The Bertz CT molecular complexity index is 707. The molecule has 0 saturated heterocycles. The topological polar surface area (TPSA) is 85.1 Å². The van der Waals surface area contributed by atoms with Crippen LogP contribution in [-0.4, -0.2) is 13.4 Å². The number of nitrogens with one attached hydrogen (secondary N) is 1. The summed E-state index contributed by atoms with van der Waals surface area (Å²) >= 11 is 0. The van der Waals surface area contributed by atoms with Crippen LogP contribution >= 0.6 is 0 Å². The van der Waals surface area contributed by atoms with Crippen molar-refractivity contribution in [1.29, 1.82) is 0 Å². The number of hydrogen-bond acceptors (Lipinski definition) is 4. The number of hydrogen-bond donors (Lipinski definition) is 2. The Kier molecular flexibility index (Phi) is 4.06. The van der Waals surface area contributed by atoms with Crippen LogP contribution in [0.3, 0.4) is 0 Å². The molecule has 0 aliphatic rings. The Morgan fingerprint density at radius 2 is 2.00 bits per heavy atom. The fraction of sp³-hybridized carbons (Fsp3) is 0.214. The van der Waals surface area contributed by atoms with Gasteiger partial charge in [0.2, 0.25) is 10.0 Å². The number of nitrogens with two attached hydrogens (primary N) is 1. The van der Waals surface area contributed by atoms with E-state index in [0.29, 0.717) is 11.4 Å². The molecular formula is C14H17N3O2S. The third kappa shape index (κ3) is 3.34. The summed E-state index contributed by atoms with van der Waals surface area (Å²) in [5.41, 5.74) is 8.57. The molecule has 6 heteroatoms. The lowest BCUT2D eigenvalue weighted by Crippen LogP contribution is -2.24. The average Bonchev–Trinajstić information content (AvgIpc) is 2.37. The molecule has 0 saturated carbocycles. The molecule has 0 aliphatic carbocycles. The quantitative estimate of drug-likeness (QED) is 0.841. The molecule has 0 aliphatic heterocycles. The normalized spacial score (nSPS) is 11.5. The Balaban J connectivity index is 2.22. The molecule has 0 amide bonds. The van der Waals surface area contributed by atoms with Crippen LogP contribution in [0.4, 0.5) is 5.69 Å². The lowest BCUT2D eigenvalue weighted by molar-refractivity contribution is 0.580. The fourth-order valence-corrected chi connectivity index (χ4v) is 3.01. The van der Waals surface area contributed by atoms with Crippen LogP contribution in [0, 0.1) is 13.8 Å². The molecule has 5 nitrogen and oxygen atoms in total. The summed E-state index contributed by atoms with van der Waals surface area (Å²) < 4.78 is 27.0. The molecule has 0 radical (unpaired) electrons. The number of sulfonamides is 1. The van der Waals surface area contributed by atoms with Crippen molar-refractivity contribution >= 4 is 15.7 Å². The van der Waals surface area contributed by atoms with Crippen LogP contribution in [0.15, 0.2) is 41.4 Å². The van der Waals surface area contributed by atoms with Gasteiger partial charge in [-0.25, -0.2) is 13.1 Å². The summed E-state index contributed by atoms with van der Waals surface area (Å²) in [4.78, 5) is 4.33. The first-order chi connectivity index (χ1) is 9.38. The summed E-state index contributed by atoms with van der Waals surface area (Å²) in [5.74, 6) is 0. The van der Waals surface area contributed by atoms with E-state index in [1.54, 1.807) is 25.3 Å². The highest BCUT2D eigenvalue weighted by Gasteiger charge is 2.15. The molecule has 0 fully saturated rings. The van der Waals surface area contributed by atoms with Crippen molar-refractivity contribution in [1.82, 2.24) is 9.71 Å². The number of benzene rings is 1. The van der Waals surface area contributed by atoms with Crippen molar-refractivity contribution in [3.63, 3.8) is 0 Å². The Morgan fingerprint density at radius 1 is 1.25 bits per heavy atom. The monoisotopic (exact) mass is 291 g/mol. The number of aryl methyl sites for hydroxylation is 2. The van der Waals surface area contributed by atoms with Gasteiger partial charge in [0.25, 0.3) is 0 Å². The number of nitrogens with zero attached hydrogens (tertiary/aromatic N) is 1. The number of aromatic nitrogens is 1. The molecular weight excluding hydrogens is 274 g/mol. The number of rotatable bonds is 4. The van der Waals surface area contributed by atoms with Gasteiger partial charge in [0, 0.05) is 11.9 Å². The van der Waals surface area contributed by atoms with Crippen molar-refractivity contribution in [2.45, 2.75) is 25.3 Å². The average molecular weight is 291 g/mol. The van der Waals surface area contributed by atoms with Gasteiger partial charge in [-0.3, -0.25) is 4.98 Å². The van der Waals surface area contributed by atoms with Gasteiger partial charge in [0.05, 0.1) is 17.1 Å². The van der Waals surface area contributed by atoms with Crippen molar-refractivity contribution in [3.8, 4) is 0 Å². The van der Waals surface area contributed by atoms with Crippen LogP contribution in [0.1, 0.15) is 16.8 Å². The van der Waals surface area contributed by atoms with Crippen LogP contribution in [-0.2, 0) is 16.6 Å². The first-order valence-corrected chi connectivity index (χ1v) is 7.64. The van der Waals surface area contributed by atoms with Crippen molar-refractivity contribution in [2.24, 2.45) is 0 Å². The molecule has 0 spiro atoms. The maximum absolute atomic E-state index is 12.2. The molecule has 0 atom stereocenters. The Labute approximate surface area is 118 Å². The molecule has 0 unspecified atom stereocenters. The number of pyridine rings is 1. The van der Waals surface area contributed by atoms with E-state index < -0.39 is 10.0 Å². The van der Waals surface area contributed by atoms with Gasteiger partial charge in [0.15, 0.2) is 0 Å². The molecule has 0 bridgehead atoms. The standard InChI is InChI=1S/C14H17N3O2S/c1-10-6-12(15)8-13(7-10)20(18,19)17-9-14-11(2)4-3-5-16-14/h3-8,17H,9,15H2,1-2H3. The fourth-order valence-electron chi connectivity index (χ4n) is 1.88. The van der Waals surface area contributed by atoms with E-state index >= 15 is 0 Å². The minimum atomic E-state index is -3.59. The highest BCUT2D eigenvalue weighted by atomic mass is 32.2. The van der Waals surface area contributed by atoms with Gasteiger partial charge in [-0.15, -0.1) is 0 Å². The van der Waals surface area contributed by atoms with Crippen molar-refractivity contribution < 1.29 is 8.42 Å². The van der Waals surface area contributed by atoms with E-state index in [2.05, 4.69) is 9.71 Å². The summed E-state index contributed by atoms with van der Waals surface area (Å²) in [6, 6.07) is 8.46. The minimum absolute atomic E-state index is 0.156. The van der Waals surface area contributed by atoms with Gasteiger partial charge < -0.3 is 5.73 Å². The molecule has 20 heavy (non-hydrogen) atoms. The van der Waals surface area contributed by atoms with Crippen LogP contribution in [0.25, 0.3) is 0 Å². The lowest BCUT2D eigenvalue weighted by atomic mass is 10.2. The van der Waals surface area contributed by atoms with Crippen LogP contribution < -0.4 is 10.5 Å². The molecule has 3 N–H and O–H groups in total. The maximum Gasteiger partial charge on any atom is 0.241 e. The molecule has 2 rings (SSSR count). The van der Waals surface area contributed by atoms with Crippen LogP contribution in [0.5, 0.6) is 0 Å². The summed E-state index contributed by atoms with van der Waals surface area (Å²) in [6.07, 6.45) is 1.64. The third-order valence-electron chi connectivity index (χ3n) is 2.93. The van der Waals surface area contributed by atoms with Gasteiger partial charge in [-0.1, -0.05) is 6.07 Å². The van der Waals surface area contributed by atoms with Crippen LogP contribution in [0.2, 0.25) is 0 Å². The first-order valence-electron chi connectivity index (χ1n) is 6.16. The lowest BCUT2D eigenvalue weighted by Gasteiger charge is -2.09. The smallest absolute Gasteiger partial charge is 0.241 e. The van der Waals surface area contributed by atoms with Crippen molar-refractivity contribution in [2.75, 3.05) is 5.73 Å². The minimum Gasteiger partial charge on any atom is -0.399 e. The molecule has 1 heterocycles.